The number of carbonyl (C=O) groups excluding carboxylic acids is 1. The second-order valence-corrected chi connectivity index (χ2v) is 6.79. The number of benzene rings is 1. The molecule has 1 saturated heterocycles. The van der Waals surface area contributed by atoms with E-state index in [0.717, 1.165) is 55.5 Å². The lowest BCUT2D eigenvalue weighted by molar-refractivity contribution is 0.0343. The zero-order chi connectivity index (χ0) is 18.4. The molecule has 3 rings (SSSR count). The fourth-order valence-electron chi connectivity index (χ4n) is 3.11. The van der Waals surface area contributed by atoms with E-state index in [4.69, 9.17) is 4.74 Å². The lowest BCUT2D eigenvalue weighted by atomic mass is 10.1. The van der Waals surface area contributed by atoms with Gasteiger partial charge in [-0.05, 0) is 31.5 Å². The first kappa shape index (κ1) is 18.4. The van der Waals surface area contributed by atoms with Crippen LogP contribution in [0, 0.1) is 6.92 Å². The number of hydrogen-bond donors (Lipinski definition) is 3. The molecule has 1 atom stereocenters. The van der Waals surface area contributed by atoms with E-state index in [1.165, 1.54) is 0 Å². The van der Waals surface area contributed by atoms with Crippen LogP contribution in [0.2, 0.25) is 0 Å². The van der Waals surface area contributed by atoms with E-state index in [-0.39, 0.29) is 12.1 Å². The lowest BCUT2D eigenvalue weighted by Gasteiger charge is -2.27. The van der Waals surface area contributed by atoms with Gasteiger partial charge in [0.25, 0.3) is 0 Å². The van der Waals surface area contributed by atoms with Crippen molar-refractivity contribution in [2.24, 2.45) is 0 Å². The smallest absolute Gasteiger partial charge is 0.319 e. The number of urea groups is 1. The van der Waals surface area contributed by atoms with Crippen LogP contribution < -0.4 is 10.6 Å². The van der Waals surface area contributed by atoms with Gasteiger partial charge in [-0.1, -0.05) is 18.2 Å². The fourth-order valence-corrected chi connectivity index (χ4v) is 3.11. The number of para-hydroxylation sites is 1. The van der Waals surface area contributed by atoms with Crippen molar-refractivity contribution in [2.45, 2.75) is 32.9 Å². The molecule has 1 aromatic carbocycles. The topological polar surface area (TPSA) is 82.3 Å². The number of aromatic amines is 1. The quantitative estimate of drug-likeness (QED) is 0.741. The minimum absolute atomic E-state index is 0.0101. The minimum Gasteiger partial charge on any atom is -0.379 e. The average molecular weight is 357 g/mol. The number of ether oxygens (including phenoxy) is 1. The molecule has 140 valence electrons. The SMILES string of the molecule is Cc1cc(C[C@@H](C)NC(=O)Nc2ccccc2CN2CCOCC2)n[nH]1. The first-order chi connectivity index (χ1) is 12.6. The summed E-state index contributed by atoms with van der Waals surface area (Å²) in [7, 11) is 0. The van der Waals surface area contributed by atoms with Crippen LogP contribution in [0.25, 0.3) is 0 Å². The largest absolute Gasteiger partial charge is 0.379 e. The highest BCUT2D eigenvalue weighted by atomic mass is 16.5. The molecule has 3 N–H and O–H groups in total. The highest BCUT2D eigenvalue weighted by Crippen LogP contribution is 2.18. The Hall–Kier alpha value is -2.38. The van der Waals surface area contributed by atoms with Crippen LogP contribution in [-0.4, -0.2) is 53.5 Å². The molecule has 1 aromatic heterocycles. The summed E-state index contributed by atoms with van der Waals surface area (Å²) in [6, 6.07) is 9.73. The van der Waals surface area contributed by atoms with Crippen molar-refractivity contribution in [3.8, 4) is 0 Å². The van der Waals surface area contributed by atoms with Gasteiger partial charge in [-0.3, -0.25) is 10.00 Å². The molecule has 7 nitrogen and oxygen atoms in total. The molecule has 2 heterocycles. The molecule has 0 bridgehead atoms. The normalized spacial score (nSPS) is 16.2. The van der Waals surface area contributed by atoms with Gasteiger partial charge in [0, 0.05) is 43.5 Å². The van der Waals surface area contributed by atoms with E-state index < -0.39 is 0 Å². The molecule has 1 fully saturated rings. The number of carbonyl (C=O) groups is 1. The van der Waals surface area contributed by atoms with Crippen LogP contribution in [-0.2, 0) is 17.7 Å². The lowest BCUT2D eigenvalue weighted by Crippen LogP contribution is -2.38. The van der Waals surface area contributed by atoms with E-state index >= 15 is 0 Å². The Morgan fingerprint density at radius 1 is 1.35 bits per heavy atom. The van der Waals surface area contributed by atoms with Crippen molar-refractivity contribution in [2.75, 3.05) is 31.6 Å². The third kappa shape index (κ3) is 5.31. The Bertz CT molecular complexity index is 724. The maximum Gasteiger partial charge on any atom is 0.319 e. The van der Waals surface area contributed by atoms with Crippen molar-refractivity contribution in [3.63, 3.8) is 0 Å². The molecular formula is C19H27N5O2. The third-order valence-electron chi connectivity index (χ3n) is 4.42. The number of nitrogens with one attached hydrogen (secondary N) is 3. The van der Waals surface area contributed by atoms with Gasteiger partial charge in [-0.15, -0.1) is 0 Å². The van der Waals surface area contributed by atoms with Crippen molar-refractivity contribution in [3.05, 3.63) is 47.3 Å². The van der Waals surface area contributed by atoms with E-state index in [0.29, 0.717) is 6.42 Å². The predicted molar refractivity (Wildman–Crippen MR) is 101 cm³/mol. The van der Waals surface area contributed by atoms with Crippen molar-refractivity contribution < 1.29 is 9.53 Å². The van der Waals surface area contributed by atoms with Gasteiger partial charge >= 0.3 is 6.03 Å². The molecular weight excluding hydrogens is 330 g/mol. The van der Waals surface area contributed by atoms with Gasteiger partial charge in [-0.25, -0.2) is 4.79 Å². The van der Waals surface area contributed by atoms with Crippen LogP contribution in [0.5, 0.6) is 0 Å². The van der Waals surface area contributed by atoms with E-state index in [9.17, 15) is 4.79 Å². The van der Waals surface area contributed by atoms with E-state index in [2.05, 4.69) is 31.8 Å². The third-order valence-corrected chi connectivity index (χ3v) is 4.42. The van der Waals surface area contributed by atoms with Gasteiger partial charge < -0.3 is 15.4 Å². The molecule has 0 spiro atoms. The molecule has 1 aliphatic heterocycles. The van der Waals surface area contributed by atoms with E-state index in [1.807, 2.05) is 38.1 Å². The number of amides is 2. The molecule has 0 saturated carbocycles. The van der Waals surface area contributed by atoms with Gasteiger partial charge in [-0.2, -0.15) is 5.10 Å². The van der Waals surface area contributed by atoms with Crippen LogP contribution >= 0.6 is 0 Å². The Balaban J connectivity index is 1.54. The molecule has 0 aliphatic carbocycles. The Kier molecular flexibility index (Phi) is 6.25. The molecule has 7 heteroatoms. The number of rotatable bonds is 6. The molecule has 2 aromatic rings. The summed E-state index contributed by atoms with van der Waals surface area (Å²) in [5.74, 6) is 0. The highest BCUT2D eigenvalue weighted by molar-refractivity contribution is 5.90. The van der Waals surface area contributed by atoms with Crippen LogP contribution in [0.15, 0.2) is 30.3 Å². The van der Waals surface area contributed by atoms with E-state index in [1.54, 1.807) is 0 Å². The number of morpholine rings is 1. The standard InChI is InChI=1S/C19H27N5O2/c1-14(11-17-12-15(2)22-23-17)20-19(25)21-18-6-4-3-5-16(18)13-24-7-9-26-10-8-24/h3-6,12,14H,7-11,13H2,1-2H3,(H,22,23)(H2,20,21,25)/t14-/m1/s1. The Morgan fingerprint density at radius 2 is 2.12 bits per heavy atom. The molecule has 1 aliphatic rings. The summed E-state index contributed by atoms with van der Waals surface area (Å²) >= 11 is 0. The molecule has 0 radical (unpaired) electrons. The van der Waals surface area contributed by atoms with Gasteiger partial charge in [0.1, 0.15) is 0 Å². The number of aryl methyl sites for hydroxylation is 1. The second-order valence-electron chi connectivity index (χ2n) is 6.79. The first-order valence-corrected chi connectivity index (χ1v) is 9.06. The van der Waals surface area contributed by atoms with Gasteiger partial charge in [0.15, 0.2) is 0 Å². The summed E-state index contributed by atoms with van der Waals surface area (Å²) in [5.41, 5.74) is 3.93. The van der Waals surface area contributed by atoms with Gasteiger partial charge in [0.2, 0.25) is 0 Å². The summed E-state index contributed by atoms with van der Waals surface area (Å²) in [6.07, 6.45) is 0.688. The zero-order valence-corrected chi connectivity index (χ0v) is 15.4. The Labute approximate surface area is 154 Å². The summed E-state index contributed by atoms with van der Waals surface area (Å²) in [6.45, 7) is 8.11. The summed E-state index contributed by atoms with van der Waals surface area (Å²) in [4.78, 5) is 14.7. The van der Waals surface area contributed by atoms with Crippen molar-refractivity contribution >= 4 is 11.7 Å². The van der Waals surface area contributed by atoms with Crippen LogP contribution in [0.4, 0.5) is 10.5 Å². The highest BCUT2D eigenvalue weighted by Gasteiger charge is 2.15. The Morgan fingerprint density at radius 3 is 2.85 bits per heavy atom. The van der Waals surface area contributed by atoms with Gasteiger partial charge in [0.05, 0.1) is 18.9 Å². The first-order valence-electron chi connectivity index (χ1n) is 9.06. The number of hydrogen-bond acceptors (Lipinski definition) is 4. The number of nitrogens with zero attached hydrogens (tertiary/aromatic N) is 2. The second kappa shape index (κ2) is 8.82. The van der Waals surface area contributed by atoms with Crippen LogP contribution in [0.1, 0.15) is 23.9 Å². The van der Waals surface area contributed by atoms with Crippen molar-refractivity contribution in [1.29, 1.82) is 0 Å². The van der Waals surface area contributed by atoms with Crippen LogP contribution in [0.3, 0.4) is 0 Å². The van der Waals surface area contributed by atoms with Crippen molar-refractivity contribution in [1.82, 2.24) is 20.4 Å². The summed E-state index contributed by atoms with van der Waals surface area (Å²) in [5, 5.41) is 13.1. The number of H-pyrrole nitrogens is 1. The predicted octanol–water partition coefficient (Wildman–Crippen LogP) is 2.30. The maximum atomic E-state index is 12.4. The average Bonchev–Trinajstić information content (AvgIpc) is 3.02. The summed E-state index contributed by atoms with van der Waals surface area (Å²) < 4.78 is 5.40. The molecule has 0 unspecified atom stereocenters. The monoisotopic (exact) mass is 357 g/mol. The number of anilines is 1. The minimum atomic E-state index is -0.195. The molecule has 2 amide bonds. The number of aromatic nitrogens is 2. The maximum absolute atomic E-state index is 12.4. The molecule has 26 heavy (non-hydrogen) atoms. The zero-order valence-electron chi connectivity index (χ0n) is 15.4. The fraction of sp³-hybridized carbons (Fsp3) is 0.474.